The third-order valence-electron chi connectivity index (χ3n) is 10.7. The number of anilines is 2. The van der Waals surface area contributed by atoms with Gasteiger partial charge in [0.25, 0.3) is 17.7 Å². The zero-order valence-corrected chi connectivity index (χ0v) is 35.1. The van der Waals surface area contributed by atoms with Gasteiger partial charge in [-0.2, -0.15) is 0 Å². The number of nitrogens with one attached hydrogen (secondary N) is 2. The normalized spacial score (nSPS) is 15.9. The van der Waals surface area contributed by atoms with Gasteiger partial charge < -0.3 is 20.1 Å². The van der Waals surface area contributed by atoms with Crippen LogP contribution in [0.2, 0.25) is 5.02 Å². The van der Waals surface area contributed by atoms with E-state index in [0.29, 0.717) is 22.8 Å². The highest BCUT2D eigenvalue weighted by Crippen LogP contribution is 2.39. The van der Waals surface area contributed by atoms with E-state index in [4.69, 9.17) is 21.1 Å². The molecule has 0 aromatic heterocycles. The van der Waals surface area contributed by atoms with Crippen molar-refractivity contribution < 1.29 is 33.4 Å². The predicted molar refractivity (Wildman–Crippen MR) is 220 cm³/mol. The van der Waals surface area contributed by atoms with Crippen molar-refractivity contribution >= 4 is 52.5 Å². The monoisotopic (exact) mass is 788 g/mol. The number of halogens is 1. The number of Topliss-reactive ketones (excluding diaryl/α,β-unsaturated/α-hetero) is 1. The first-order valence-corrected chi connectivity index (χ1v) is 19.8. The number of hydrogen-bond donors (Lipinski definition) is 2. The molecule has 1 aliphatic heterocycles. The van der Waals surface area contributed by atoms with Crippen molar-refractivity contribution in [3.05, 3.63) is 88.4 Å². The minimum absolute atomic E-state index is 0.0207. The molecule has 1 fully saturated rings. The fourth-order valence-corrected chi connectivity index (χ4v) is 6.50. The summed E-state index contributed by atoms with van der Waals surface area (Å²) in [6, 6.07) is 17.1. The van der Waals surface area contributed by atoms with Gasteiger partial charge in [0, 0.05) is 23.8 Å². The van der Waals surface area contributed by atoms with Gasteiger partial charge in [-0.3, -0.25) is 24.1 Å². The van der Waals surface area contributed by atoms with Crippen LogP contribution in [0.25, 0.3) is 0 Å². The number of ketones is 1. The van der Waals surface area contributed by atoms with Gasteiger partial charge in [-0.1, -0.05) is 116 Å². The van der Waals surface area contributed by atoms with Gasteiger partial charge in [0.1, 0.15) is 5.75 Å². The first kappa shape index (κ1) is 44.0. The van der Waals surface area contributed by atoms with Crippen LogP contribution in [0.1, 0.15) is 105 Å². The van der Waals surface area contributed by atoms with E-state index in [1.54, 1.807) is 51.1 Å². The molecule has 0 aliphatic carbocycles. The standard InChI is InChI=1S/C44H57ClN4O7/c1-11-34(56-35-23-20-29(43(7,8)12-2)24-31(35)44(9,10)13-3)38(51)46-30-21-22-32(45)33(25-30)47-39(52)36(37(50)27(5)6)49-40(53)41(55-14-4)48(42(49)54)26-28-18-16-15-17-19-28/h15-25,27,34,36,41H,11-14,26H2,1-10H3,(H,46,51)(H,47,52). The number of rotatable bonds is 18. The number of ether oxygens (including phenoxy) is 2. The van der Waals surface area contributed by atoms with Gasteiger partial charge in [-0.15, -0.1) is 0 Å². The summed E-state index contributed by atoms with van der Waals surface area (Å²) in [7, 11) is 0. The maximum atomic E-state index is 14.0. The number of nitrogens with zero attached hydrogens (tertiary/aromatic N) is 2. The van der Waals surface area contributed by atoms with E-state index < -0.39 is 53.8 Å². The van der Waals surface area contributed by atoms with E-state index in [9.17, 15) is 24.0 Å². The van der Waals surface area contributed by atoms with Gasteiger partial charge in [0.2, 0.25) is 6.23 Å². The van der Waals surface area contributed by atoms with Crippen LogP contribution in [0.4, 0.5) is 16.2 Å². The van der Waals surface area contributed by atoms with Crippen LogP contribution in [0, 0.1) is 5.92 Å². The molecule has 3 atom stereocenters. The molecule has 2 N–H and O–H groups in total. The Kier molecular flexibility index (Phi) is 14.5. The van der Waals surface area contributed by atoms with Gasteiger partial charge in [-0.05, 0) is 72.4 Å². The van der Waals surface area contributed by atoms with E-state index >= 15 is 0 Å². The SMILES string of the molecule is CCOC1C(=O)N(C(C(=O)Nc2cc(NC(=O)C(CC)Oc3ccc(C(C)(C)CC)cc3C(C)(C)CC)ccc2Cl)C(=O)C(C)C)C(=O)N1Cc1ccccc1. The first-order chi connectivity index (χ1) is 26.4. The number of amides is 5. The van der Waals surface area contributed by atoms with Crippen LogP contribution in [0.5, 0.6) is 5.75 Å². The topological polar surface area (TPSA) is 134 Å². The number of carbonyl (C=O) groups is 5. The molecule has 0 saturated carbocycles. The van der Waals surface area contributed by atoms with Crippen LogP contribution in [0.15, 0.2) is 66.7 Å². The van der Waals surface area contributed by atoms with Gasteiger partial charge >= 0.3 is 6.03 Å². The average Bonchev–Trinajstić information content (AvgIpc) is 3.39. The van der Waals surface area contributed by atoms with Crippen molar-refractivity contribution in [1.29, 1.82) is 0 Å². The molecule has 1 aliphatic rings. The molecule has 4 rings (SSSR count). The van der Waals surface area contributed by atoms with Crippen LogP contribution in [-0.2, 0) is 41.3 Å². The molecule has 5 amide bonds. The van der Waals surface area contributed by atoms with Crippen molar-refractivity contribution in [3.8, 4) is 5.75 Å². The summed E-state index contributed by atoms with van der Waals surface area (Å²) < 4.78 is 12.1. The summed E-state index contributed by atoms with van der Waals surface area (Å²) >= 11 is 6.53. The molecule has 11 nitrogen and oxygen atoms in total. The number of urea groups is 1. The summed E-state index contributed by atoms with van der Waals surface area (Å²) in [6.45, 7) is 19.9. The lowest BCUT2D eigenvalue weighted by molar-refractivity contribution is -0.148. The number of carbonyl (C=O) groups excluding carboxylic acids is 5. The van der Waals surface area contributed by atoms with E-state index in [0.717, 1.165) is 24.0 Å². The quantitative estimate of drug-likeness (QED) is 0.0972. The Balaban J connectivity index is 1.59. The van der Waals surface area contributed by atoms with E-state index in [1.807, 2.05) is 19.1 Å². The third-order valence-corrected chi connectivity index (χ3v) is 11.1. The molecule has 56 heavy (non-hydrogen) atoms. The second-order valence-corrected chi connectivity index (χ2v) is 16.2. The van der Waals surface area contributed by atoms with Crippen LogP contribution in [-0.4, -0.2) is 64.3 Å². The molecule has 3 unspecified atom stereocenters. The lowest BCUT2D eigenvalue weighted by atomic mass is 9.76. The Labute approximate surface area is 336 Å². The fourth-order valence-electron chi connectivity index (χ4n) is 6.34. The van der Waals surface area contributed by atoms with Gasteiger partial charge in [0.15, 0.2) is 17.9 Å². The summed E-state index contributed by atoms with van der Waals surface area (Å²) in [5.74, 6) is -2.91. The molecule has 0 bridgehead atoms. The molecule has 0 spiro atoms. The minimum atomic E-state index is -1.82. The smallest absolute Gasteiger partial charge is 0.330 e. The number of benzene rings is 3. The van der Waals surface area contributed by atoms with Gasteiger partial charge in [-0.25, -0.2) is 9.69 Å². The van der Waals surface area contributed by atoms with Crippen LogP contribution >= 0.6 is 11.6 Å². The summed E-state index contributed by atoms with van der Waals surface area (Å²) in [4.78, 5) is 71.0. The van der Waals surface area contributed by atoms with E-state index in [2.05, 4.69) is 64.3 Å². The minimum Gasteiger partial charge on any atom is -0.480 e. The average molecular weight is 789 g/mol. The summed E-state index contributed by atoms with van der Waals surface area (Å²) in [6.07, 6.45) is 0.0254. The molecule has 0 radical (unpaired) electrons. The van der Waals surface area contributed by atoms with Crippen LogP contribution < -0.4 is 15.4 Å². The maximum Gasteiger partial charge on any atom is 0.330 e. The largest absolute Gasteiger partial charge is 0.480 e. The molecule has 1 heterocycles. The van der Waals surface area contributed by atoms with E-state index in [1.165, 1.54) is 22.6 Å². The summed E-state index contributed by atoms with van der Waals surface area (Å²) in [5, 5.41) is 5.63. The zero-order chi connectivity index (χ0) is 41.5. The fraction of sp³-hybridized carbons (Fsp3) is 0.477. The van der Waals surface area contributed by atoms with Crippen molar-refractivity contribution in [3.63, 3.8) is 0 Å². The predicted octanol–water partition coefficient (Wildman–Crippen LogP) is 8.87. The van der Waals surface area contributed by atoms with E-state index in [-0.39, 0.29) is 34.7 Å². The van der Waals surface area contributed by atoms with Crippen molar-refractivity contribution in [2.75, 3.05) is 17.2 Å². The highest BCUT2D eigenvalue weighted by molar-refractivity contribution is 6.34. The first-order valence-electron chi connectivity index (χ1n) is 19.5. The van der Waals surface area contributed by atoms with Crippen LogP contribution in [0.3, 0.4) is 0 Å². The Morgan fingerprint density at radius 1 is 0.839 bits per heavy atom. The second kappa shape index (κ2) is 18.5. The second-order valence-electron chi connectivity index (χ2n) is 15.7. The van der Waals surface area contributed by atoms with Crippen molar-refractivity contribution in [2.24, 2.45) is 5.92 Å². The highest BCUT2D eigenvalue weighted by Gasteiger charge is 2.53. The molecular formula is C44H57ClN4O7. The summed E-state index contributed by atoms with van der Waals surface area (Å²) in [5.41, 5.74) is 3.08. The lowest BCUT2D eigenvalue weighted by Crippen LogP contribution is -2.53. The Hall–Kier alpha value is -4.74. The molecule has 3 aromatic carbocycles. The highest BCUT2D eigenvalue weighted by atomic mass is 35.5. The van der Waals surface area contributed by atoms with Crippen molar-refractivity contribution in [2.45, 2.75) is 124 Å². The van der Waals surface area contributed by atoms with Gasteiger partial charge in [0.05, 0.1) is 17.3 Å². The molecule has 3 aromatic rings. The Bertz CT molecular complexity index is 1910. The molecular weight excluding hydrogens is 732 g/mol. The molecule has 12 heteroatoms. The number of imide groups is 1. The molecule has 1 saturated heterocycles. The Morgan fingerprint density at radius 2 is 1.50 bits per heavy atom. The molecule has 302 valence electrons. The third kappa shape index (κ3) is 9.79. The lowest BCUT2D eigenvalue weighted by Gasteiger charge is -2.31. The number of hydrogen-bond acceptors (Lipinski definition) is 7. The maximum absolute atomic E-state index is 14.0. The van der Waals surface area contributed by atoms with Crippen molar-refractivity contribution in [1.82, 2.24) is 9.80 Å². The Morgan fingerprint density at radius 3 is 2.09 bits per heavy atom. The zero-order valence-electron chi connectivity index (χ0n) is 34.3.